The number of hydrogen-bond acceptors (Lipinski definition) is 3. The molecule has 0 saturated heterocycles. The highest BCUT2D eigenvalue weighted by atomic mass is 16.5. The molecular formula is C5H7N2O2. The molecule has 0 aromatic carbocycles. The lowest BCUT2D eigenvalue weighted by molar-refractivity contribution is -0.115. The van der Waals surface area contributed by atoms with Gasteiger partial charge in [0.2, 0.25) is 5.91 Å². The summed E-state index contributed by atoms with van der Waals surface area (Å²) < 4.78 is 4.58. The Morgan fingerprint density at radius 1 is 1.89 bits per heavy atom. The second-order valence-corrected chi connectivity index (χ2v) is 1.28. The minimum Gasteiger partial charge on any atom is -0.369 e. The van der Waals surface area contributed by atoms with Gasteiger partial charge in [-0.1, -0.05) is 0 Å². The fourth-order valence-corrected chi connectivity index (χ4v) is 0.246. The van der Waals surface area contributed by atoms with Crippen molar-refractivity contribution in [3.05, 3.63) is 6.42 Å². The summed E-state index contributed by atoms with van der Waals surface area (Å²) in [4.78, 5) is 9.97. The lowest BCUT2D eigenvalue weighted by atomic mass is 10.4. The molecule has 0 aliphatic heterocycles. The Kier molecular flexibility index (Phi) is 4.46. The summed E-state index contributed by atoms with van der Waals surface area (Å²) in [6.07, 6.45) is 1.16. The number of carbonyl (C=O) groups excluding carboxylic acids is 1. The van der Waals surface area contributed by atoms with Gasteiger partial charge in [0.15, 0.2) is 0 Å². The van der Waals surface area contributed by atoms with Crippen molar-refractivity contribution in [2.45, 2.75) is 0 Å². The molecule has 0 rings (SSSR count). The van der Waals surface area contributed by atoms with Crippen molar-refractivity contribution < 1.29 is 9.53 Å². The third-order valence-corrected chi connectivity index (χ3v) is 0.569. The molecule has 0 heterocycles. The third kappa shape index (κ3) is 6.92. The van der Waals surface area contributed by atoms with Crippen LogP contribution in [0.1, 0.15) is 0 Å². The van der Waals surface area contributed by atoms with Crippen LogP contribution in [0.3, 0.4) is 0 Å². The second kappa shape index (κ2) is 5.06. The van der Waals surface area contributed by atoms with Gasteiger partial charge in [-0.15, -0.1) is 0 Å². The highest BCUT2D eigenvalue weighted by Gasteiger charge is 1.92. The maximum atomic E-state index is 9.97. The topological polar surface area (TPSA) is 76.1 Å². The number of primary amides is 1. The van der Waals surface area contributed by atoms with E-state index in [1.165, 1.54) is 0 Å². The predicted molar refractivity (Wildman–Crippen MR) is 29.9 cm³/mol. The normalized spacial score (nSPS) is 8.33. The SMILES string of the molecule is N#CCOC[CH]C(N)=O. The summed E-state index contributed by atoms with van der Waals surface area (Å²) >= 11 is 0. The van der Waals surface area contributed by atoms with Crippen molar-refractivity contribution >= 4 is 5.91 Å². The van der Waals surface area contributed by atoms with E-state index in [0.717, 1.165) is 6.42 Å². The van der Waals surface area contributed by atoms with Crippen molar-refractivity contribution in [3.63, 3.8) is 0 Å². The van der Waals surface area contributed by atoms with Gasteiger partial charge in [0.05, 0.1) is 19.1 Å². The molecule has 1 amide bonds. The number of nitrogens with two attached hydrogens (primary N) is 1. The molecule has 4 nitrogen and oxygen atoms in total. The van der Waals surface area contributed by atoms with Crippen LogP contribution in [-0.2, 0) is 9.53 Å². The van der Waals surface area contributed by atoms with Gasteiger partial charge in [-0.25, -0.2) is 0 Å². The van der Waals surface area contributed by atoms with Crippen LogP contribution in [0.4, 0.5) is 0 Å². The van der Waals surface area contributed by atoms with E-state index in [1.807, 2.05) is 0 Å². The molecule has 0 aromatic rings. The number of amides is 1. The van der Waals surface area contributed by atoms with Crippen molar-refractivity contribution in [1.29, 1.82) is 5.26 Å². The van der Waals surface area contributed by atoms with Gasteiger partial charge < -0.3 is 10.5 Å². The summed E-state index contributed by atoms with van der Waals surface area (Å²) in [5, 5.41) is 7.93. The molecule has 4 heteroatoms. The molecule has 0 aliphatic rings. The van der Waals surface area contributed by atoms with E-state index in [-0.39, 0.29) is 13.2 Å². The highest BCUT2D eigenvalue weighted by molar-refractivity contribution is 5.82. The van der Waals surface area contributed by atoms with Crippen molar-refractivity contribution in [2.24, 2.45) is 5.73 Å². The number of rotatable bonds is 4. The first-order valence-corrected chi connectivity index (χ1v) is 2.34. The summed E-state index contributed by atoms with van der Waals surface area (Å²) in [7, 11) is 0. The van der Waals surface area contributed by atoms with E-state index < -0.39 is 5.91 Å². The predicted octanol–water partition coefficient (Wildman–Crippen LogP) is -0.784. The second-order valence-electron chi connectivity index (χ2n) is 1.28. The Morgan fingerprint density at radius 2 is 2.56 bits per heavy atom. The summed E-state index contributed by atoms with van der Waals surface area (Å²) in [6, 6.07) is 1.75. The number of ether oxygens (including phenoxy) is 1. The van der Waals surface area contributed by atoms with Crippen LogP contribution in [-0.4, -0.2) is 19.1 Å². The van der Waals surface area contributed by atoms with Crippen LogP contribution in [0.15, 0.2) is 0 Å². The van der Waals surface area contributed by atoms with Gasteiger partial charge in [-0.2, -0.15) is 5.26 Å². The first kappa shape index (κ1) is 7.92. The molecule has 2 N–H and O–H groups in total. The fraction of sp³-hybridized carbons (Fsp3) is 0.400. The summed E-state index contributed by atoms with van der Waals surface area (Å²) in [5.41, 5.74) is 4.72. The van der Waals surface area contributed by atoms with Crippen LogP contribution in [0.2, 0.25) is 0 Å². The zero-order chi connectivity index (χ0) is 7.11. The molecule has 0 bridgehead atoms. The average Bonchev–Trinajstić information content (AvgIpc) is 1.80. The lowest BCUT2D eigenvalue weighted by Gasteiger charge is -1.92. The standard InChI is InChI=1S/C5H7N2O2/c6-2-4-9-3-1-5(7)8/h1H,3-4H2,(H2,7,8). The van der Waals surface area contributed by atoms with E-state index in [9.17, 15) is 4.79 Å². The molecule has 0 unspecified atom stereocenters. The molecular weight excluding hydrogens is 120 g/mol. The number of nitrogens with zero attached hydrogens (tertiary/aromatic N) is 1. The third-order valence-electron chi connectivity index (χ3n) is 0.569. The van der Waals surface area contributed by atoms with Gasteiger partial charge in [-0.3, -0.25) is 4.79 Å². The Labute approximate surface area is 53.2 Å². The lowest BCUT2D eigenvalue weighted by Crippen LogP contribution is -2.14. The van der Waals surface area contributed by atoms with E-state index in [1.54, 1.807) is 6.07 Å². The molecule has 0 spiro atoms. The monoisotopic (exact) mass is 127 g/mol. The van der Waals surface area contributed by atoms with E-state index >= 15 is 0 Å². The van der Waals surface area contributed by atoms with E-state index in [4.69, 9.17) is 11.0 Å². The molecule has 1 radical (unpaired) electrons. The first-order chi connectivity index (χ1) is 4.27. The van der Waals surface area contributed by atoms with Crippen LogP contribution in [0.25, 0.3) is 0 Å². The minimum absolute atomic E-state index is 0.0101. The Bertz CT molecular complexity index is 127. The van der Waals surface area contributed by atoms with Crippen molar-refractivity contribution in [3.8, 4) is 6.07 Å². The van der Waals surface area contributed by atoms with Gasteiger partial charge in [-0.05, 0) is 0 Å². The molecule has 0 aromatic heterocycles. The van der Waals surface area contributed by atoms with Gasteiger partial charge >= 0.3 is 0 Å². The van der Waals surface area contributed by atoms with Crippen LogP contribution < -0.4 is 5.73 Å². The molecule has 0 atom stereocenters. The smallest absolute Gasteiger partial charge is 0.223 e. The maximum Gasteiger partial charge on any atom is 0.223 e. The largest absolute Gasteiger partial charge is 0.369 e. The zero-order valence-electron chi connectivity index (χ0n) is 4.83. The van der Waals surface area contributed by atoms with Gasteiger partial charge in [0, 0.05) is 0 Å². The first-order valence-electron chi connectivity index (χ1n) is 2.34. The van der Waals surface area contributed by atoms with E-state index in [0.29, 0.717) is 0 Å². The Morgan fingerprint density at radius 3 is 3.00 bits per heavy atom. The van der Waals surface area contributed by atoms with E-state index in [2.05, 4.69) is 4.74 Å². The van der Waals surface area contributed by atoms with Crippen LogP contribution in [0.5, 0.6) is 0 Å². The van der Waals surface area contributed by atoms with Crippen molar-refractivity contribution in [1.82, 2.24) is 0 Å². The fourth-order valence-electron chi connectivity index (χ4n) is 0.246. The summed E-state index contributed by atoms with van der Waals surface area (Å²) in [6.45, 7) is 0.104. The molecule has 9 heavy (non-hydrogen) atoms. The van der Waals surface area contributed by atoms with Crippen LogP contribution in [0, 0.1) is 17.8 Å². The van der Waals surface area contributed by atoms with Gasteiger partial charge in [0.1, 0.15) is 6.61 Å². The van der Waals surface area contributed by atoms with Gasteiger partial charge in [0.25, 0.3) is 0 Å². The quantitative estimate of drug-likeness (QED) is 0.503. The molecule has 49 valence electrons. The zero-order valence-corrected chi connectivity index (χ0v) is 4.83. The minimum atomic E-state index is -0.534. The Balaban J connectivity index is 2.94. The highest BCUT2D eigenvalue weighted by Crippen LogP contribution is 1.76. The molecule has 0 fully saturated rings. The summed E-state index contributed by atoms with van der Waals surface area (Å²) in [5.74, 6) is -0.534. The van der Waals surface area contributed by atoms with Crippen LogP contribution >= 0.6 is 0 Å². The number of hydrogen-bond donors (Lipinski definition) is 1. The molecule has 0 aliphatic carbocycles. The maximum absolute atomic E-state index is 9.97. The number of nitriles is 1. The van der Waals surface area contributed by atoms with Crippen molar-refractivity contribution in [2.75, 3.05) is 13.2 Å². The number of carbonyl (C=O) groups is 1. The molecule has 0 saturated carbocycles. The Hall–Kier alpha value is -1.08. The average molecular weight is 127 g/mol.